The van der Waals surface area contributed by atoms with Crippen LogP contribution >= 0.6 is 0 Å². The summed E-state index contributed by atoms with van der Waals surface area (Å²) in [6.07, 6.45) is -1.04. The van der Waals surface area contributed by atoms with Crippen LogP contribution in [-0.4, -0.2) is 35.8 Å². The molecule has 1 saturated heterocycles. The molecule has 0 bridgehead atoms. The van der Waals surface area contributed by atoms with Crippen molar-refractivity contribution in [3.63, 3.8) is 0 Å². The lowest BCUT2D eigenvalue weighted by molar-refractivity contribution is -0.137. The van der Waals surface area contributed by atoms with E-state index in [4.69, 9.17) is 9.47 Å². The lowest BCUT2D eigenvalue weighted by Gasteiger charge is -2.43. The number of rotatable bonds is 8. The summed E-state index contributed by atoms with van der Waals surface area (Å²) in [6, 6.07) is 21.8. The Bertz CT molecular complexity index is 1630. The van der Waals surface area contributed by atoms with Crippen molar-refractivity contribution >= 4 is 11.8 Å². The molecule has 8 nitrogen and oxygen atoms in total. The number of ether oxygens (including phenoxy) is 2. The lowest BCUT2D eigenvalue weighted by atomic mass is 9.81. The highest BCUT2D eigenvalue weighted by molar-refractivity contribution is 5.70. The molecule has 1 aliphatic rings. The molecule has 226 valence electrons. The third kappa shape index (κ3) is 6.75. The van der Waals surface area contributed by atoms with E-state index in [0.29, 0.717) is 49.8 Å². The quantitative estimate of drug-likeness (QED) is 0.236. The predicted molar refractivity (Wildman–Crippen MR) is 158 cm³/mol. The van der Waals surface area contributed by atoms with Gasteiger partial charge in [-0.25, -0.2) is 9.78 Å². The van der Waals surface area contributed by atoms with E-state index < -0.39 is 23.4 Å². The van der Waals surface area contributed by atoms with Crippen molar-refractivity contribution in [2.45, 2.75) is 38.1 Å². The summed E-state index contributed by atoms with van der Waals surface area (Å²) < 4.78 is 51.0. The maximum atomic E-state index is 13.3. The molecule has 3 heterocycles. The average Bonchev–Trinajstić information content (AvgIpc) is 3.04. The Hall–Kier alpha value is -5.11. The van der Waals surface area contributed by atoms with Crippen LogP contribution in [0.3, 0.4) is 0 Å². The van der Waals surface area contributed by atoms with Gasteiger partial charge in [0.15, 0.2) is 0 Å². The van der Waals surface area contributed by atoms with E-state index in [9.17, 15) is 23.2 Å². The molecule has 44 heavy (non-hydrogen) atoms. The Morgan fingerprint density at radius 2 is 1.82 bits per heavy atom. The topological polar surface area (TPSA) is 100 Å². The minimum absolute atomic E-state index is 0.0600. The van der Waals surface area contributed by atoms with E-state index in [2.05, 4.69) is 15.3 Å². The van der Waals surface area contributed by atoms with Crippen LogP contribution in [0.4, 0.5) is 23.7 Å². The highest BCUT2D eigenvalue weighted by Crippen LogP contribution is 2.38. The number of carbonyl (C=O) groups excluding carboxylic acids is 1. The molecule has 11 heteroatoms. The largest absolute Gasteiger partial charge is 0.477 e. The lowest BCUT2D eigenvalue weighted by Crippen LogP contribution is -2.53. The molecule has 4 aromatic rings. The van der Waals surface area contributed by atoms with Gasteiger partial charge in [0.05, 0.1) is 40.2 Å². The number of nitrogens with one attached hydrogen (secondary N) is 1. The van der Waals surface area contributed by atoms with Gasteiger partial charge in [-0.2, -0.15) is 18.4 Å². The van der Waals surface area contributed by atoms with E-state index in [1.54, 1.807) is 18.5 Å². The molecule has 2 aromatic carbocycles. The number of alkyl halides is 3. The number of aromatic nitrogens is 2. The molecule has 0 unspecified atom stereocenters. The van der Waals surface area contributed by atoms with Crippen LogP contribution in [0.15, 0.2) is 85.2 Å². The summed E-state index contributed by atoms with van der Waals surface area (Å²) in [5.41, 5.74) is 1.55. The van der Waals surface area contributed by atoms with E-state index in [1.807, 2.05) is 66.4 Å². The Morgan fingerprint density at radius 3 is 2.48 bits per heavy atom. The van der Waals surface area contributed by atoms with Gasteiger partial charge in [0.1, 0.15) is 12.7 Å². The Balaban J connectivity index is 1.41. The molecule has 2 aromatic heterocycles. The number of amides is 1. The third-order valence-electron chi connectivity index (χ3n) is 7.60. The van der Waals surface area contributed by atoms with Gasteiger partial charge in [-0.1, -0.05) is 36.4 Å². The fourth-order valence-corrected chi connectivity index (χ4v) is 5.32. The number of benzene rings is 2. The van der Waals surface area contributed by atoms with Crippen LogP contribution in [-0.2, 0) is 23.1 Å². The van der Waals surface area contributed by atoms with E-state index >= 15 is 0 Å². The van der Waals surface area contributed by atoms with Crippen molar-refractivity contribution in [3.8, 4) is 23.2 Å². The van der Waals surface area contributed by atoms with Gasteiger partial charge < -0.3 is 19.7 Å². The van der Waals surface area contributed by atoms with Crippen LogP contribution in [0.2, 0.25) is 0 Å². The first-order valence-electron chi connectivity index (χ1n) is 14.1. The van der Waals surface area contributed by atoms with Crippen LogP contribution < -0.4 is 15.0 Å². The van der Waals surface area contributed by atoms with Crippen LogP contribution in [0, 0.1) is 11.3 Å². The van der Waals surface area contributed by atoms with Gasteiger partial charge >= 0.3 is 12.3 Å². The number of pyridine rings is 2. The van der Waals surface area contributed by atoms with Crippen LogP contribution in [0.25, 0.3) is 11.3 Å². The van der Waals surface area contributed by atoms with Crippen molar-refractivity contribution in [2.75, 3.05) is 24.6 Å². The highest BCUT2D eigenvalue weighted by Gasteiger charge is 2.39. The molecule has 0 aliphatic carbocycles. The number of halogens is 3. The van der Waals surface area contributed by atoms with Crippen molar-refractivity contribution in [2.24, 2.45) is 0 Å². The van der Waals surface area contributed by atoms with Gasteiger partial charge in [-0.3, -0.25) is 4.98 Å². The minimum atomic E-state index is -4.55. The minimum Gasteiger partial charge on any atom is -0.477 e. The zero-order valence-electron chi connectivity index (χ0n) is 24.0. The maximum absolute atomic E-state index is 13.3. The molecule has 1 aliphatic heterocycles. The second-order valence-electron chi connectivity index (χ2n) is 10.3. The standard InChI is InChI=1S/C33H30F3N5O3/c1-2-43-30-27(9-6-16-38-30)28-12-10-26(21-39-28)32(40-31(42)44-22-23-7-4-3-5-8-23)14-17-41(18-15-32)29-13-11-25(33(34,35)36)19-24(29)20-37/h3-13,16,19,21H,2,14-15,17-18,22H2,1H3,(H,40,42). The van der Waals surface area contributed by atoms with Crippen molar-refractivity contribution in [3.05, 3.63) is 107 Å². The summed E-state index contributed by atoms with van der Waals surface area (Å²) in [4.78, 5) is 23.9. The Labute approximate surface area is 253 Å². The first kappa shape index (κ1) is 30.4. The molecular weight excluding hydrogens is 571 g/mol. The molecular formula is C33H30F3N5O3. The first-order chi connectivity index (χ1) is 21.2. The number of nitrogens with zero attached hydrogens (tertiary/aromatic N) is 4. The molecule has 0 saturated carbocycles. The van der Waals surface area contributed by atoms with Gasteiger partial charge in [0.25, 0.3) is 0 Å². The van der Waals surface area contributed by atoms with Gasteiger partial charge in [0.2, 0.25) is 5.88 Å². The van der Waals surface area contributed by atoms with Crippen molar-refractivity contribution in [1.29, 1.82) is 5.26 Å². The van der Waals surface area contributed by atoms with Crippen LogP contribution in [0.5, 0.6) is 5.88 Å². The molecule has 0 atom stereocenters. The summed E-state index contributed by atoms with van der Waals surface area (Å²) in [7, 11) is 0. The highest BCUT2D eigenvalue weighted by atomic mass is 19.4. The maximum Gasteiger partial charge on any atom is 0.416 e. The smallest absolute Gasteiger partial charge is 0.416 e. The summed E-state index contributed by atoms with van der Waals surface area (Å²) in [6.45, 7) is 3.13. The summed E-state index contributed by atoms with van der Waals surface area (Å²) in [5.74, 6) is 0.464. The van der Waals surface area contributed by atoms with E-state index in [1.165, 1.54) is 6.07 Å². The van der Waals surface area contributed by atoms with E-state index in [0.717, 1.165) is 28.8 Å². The van der Waals surface area contributed by atoms with Gasteiger partial charge in [-0.05, 0) is 67.3 Å². The summed E-state index contributed by atoms with van der Waals surface area (Å²) in [5, 5.41) is 12.7. The van der Waals surface area contributed by atoms with Crippen molar-refractivity contribution in [1.82, 2.24) is 15.3 Å². The summed E-state index contributed by atoms with van der Waals surface area (Å²) >= 11 is 0. The Kier molecular flexibility index (Phi) is 8.99. The van der Waals surface area contributed by atoms with Crippen LogP contribution in [0.1, 0.15) is 42.0 Å². The zero-order valence-corrected chi connectivity index (χ0v) is 24.0. The number of piperidine rings is 1. The number of anilines is 1. The zero-order chi connectivity index (χ0) is 31.2. The fraction of sp³-hybridized carbons (Fsp3) is 0.273. The molecule has 1 N–H and O–H groups in total. The number of alkyl carbamates (subject to hydrolysis) is 1. The third-order valence-corrected chi connectivity index (χ3v) is 7.60. The number of hydrogen-bond acceptors (Lipinski definition) is 7. The molecule has 1 amide bonds. The Morgan fingerprint density at radius 1 is 1.05 bits per heavy atom. The SMILES string of the molecule is CCOc1ncccc1-c1ccc(C2(NC(=O)OCc3ccccc3)CCN(c3ccc(C(F)(F)F)cc3C#N)CC2)cn1. The first-order valence-corrected chi connectivity index (χ1v) is 14.1. The van der Waals surface area contributed by atoms with Gasteiger partial charge in [0, 0.05) is 25.5 Å². The number of nitriles is 1. The predicted octanol–water partition coefficient (Wildman–Crippen LogP) is 6.85. The number of hydrogen-bond donors (Lipinski definition) is 1. The second kappa shape index (κ2) is 13.0. The van der Waals surface area contributed by atoms with Gasteiger partial charge in [-0.15, -0.1) is 0 Å². The fourth-order valence-electron chi connectivity index (χ4n) is 5.32. The molecule has 5 rings (SSSR count). The molecule has 1 fully saturated rings. The normalized spacial score (nSPS) is 14.4. The van der Waals surface area contributed by atoms with Crippen molar-refractivity contribution < 1.29 is 27.4 Å². The number of carbonyl (C=O) groups is 1. The monoisotopic (exact) mass is 601 g/mol. The van der Waals surface area contributed by atoms with E-state index in [-0.39, 0.29) is 12.2 Å². The average molecular weight is 602 g/mol. The molecule has 0 spiro atoms. The second-order valence-corrected chi connectivity index (χ2v) is 10.3. The molecule has 0 radical (unpaired) electrons.